The highest BCUT2D eigenvalue weighted by molar-refractivity contribution is 7.86. The average Bonchev–Trinajstić information content (AvgIpc) is 2.47. The number of hydrogen-bond donors (Lipinski definition) is 0. The van der Waals surface area contributed by atoms with E-state index in [-0.39, 0.29) is 0 Å². The molecule has 0 fully saturated rings. The van der Waals surface area contributed by atoms with Crippen LogP contribution in [0.4, 0.5) is 0 Å². The summed E-state index contributed by atoms with van der Waals surface area (Å²) in [6.07, 6.45) is 3.80. The first-order valence-corrected chi connectivity index (χ1v) is 5.56. The summed E-state index contributed by atoms with van der Waals surface area (Å²) in [5.74, 6) is 0. The second-order valence-corrected chi connectivity index (χ2v) is 4.25. The summed E-state index contributed by atoms with van der Waals surface area (Å²) in [4.78, 5) is 7.79. The number of pyridine rings is 1. The number of fused-ring (bicyclic) bond motifs is 1. The summed E-state index contributed by atoms with van der Waals surface area (Å²) in [5.41, 5.74) is 0.953. The fraction of sp³-hybridized carbons (Fsp3) is 0.143. The van der Waals surface area contributed by atoms with E-state index in [4.69, 9.17) is 0 Å². The van der Waals surface area contributed by atoms with Gasteiger partial charge in [-0.2, -0.15) is 8.42 Å². The smallest absolute Gasteiger partial charge is 0.286 e. The van der Waals surface area contributed by atoms with E-state index in [0.29, 0.717) is 11.2 Å². The summed E-state index contributed by atoms with van der Waals surface area (Å²) in [6.45, 7) is 0. The molecule has 0 aliphatic rings. The monoisotopic (exact) mass is 213 g/mol. The summed E-state index contributed by atoms with van der Waals surface area (Å²) >= 11 is 0. The Bertz CT molecular complexity index is 560. The minimum Gasteiger partial charge on any atom is -0.286 e. The Hall–Kier alpha value is -1.63. The molecule has 0 aliphatic heterocycles. The van der Waals surface area contributed by atoms with Crippen LogP contribution in [-0.4, -0.2) is 29.4 Å². The normalized spacial score (nSPS) is 11.8. The van der Waals surface area contributed by atoms with Crippen LogP contribution in [0.2, 0.25) is 0 Å². The largest absolute Gasteiger partial charge is 0.324 e. The molecule has 2 aromatic rings. The Morgan fingerprint density at radius 1 is 1.43 bits per heavy atom. The molecule has 0 aromatic carbocycles. The molecule has 14 heavy (non-hydrogen) atoms. The lowest BCUT2D eigenvalue weighted by Gasteiger charge is -2.01. The van der Waals surface area contributed by atoms with Crippen molar-refractivity contribution in [1.82, 2.24) is 14.7 Å². The van der Waals surface area contributed by atoms with E-state index in [1.165, 1.54) is 6.33 Å². The average molecular weight is 213 g/mol. The van der Waals surface area contributed by atoms with Crippen molar-refractivity contribution in [2.45, 2.75) is 0 Å². The summed E-state index contributed by atoms with van der Waals surface area (Å²) in [6, 6.07) is 3.34. The Kier molecular flexibility index (Phi) is 1.88. The first-order valence-electron chi connectivity index (χ1n) is 3.74. The standard InChI is InChI=1S/C7H7N3O3S/c1-14(11,12)13-10-5-9-7-6(10)3-2-4-8-7/h2-5H,1H3. The topological polar surface area (TPSA) is 74.1 Å². The van der Waals surface area contributed by atoms with Gasteiger partial charge in [0.15, 0.2) is 5.65 Å². The molecule has 0 radical (unpaired) electrons. The van der Waals surface area contributed by atoms with Gasteiger partial charge in [-0.25, -0.2) is 9.97 Å². The maximum absolute atomic E-state index is 10.9. The number of aromatic nitrogens is 3. The minimum absolute atomic E-state index is 0.441. The van der Waals surface area contributed by atoms with Crippen LogP contribution in [0.5, 0.6) is 0 Å². The zero-order valence-electron chi connectivity index (χ0n) is 7.28. The highest BCUT2D eigenvalue weighted by atomic mass is 32.2. The van der Waals surface area contributed by atoms with Gasteiger partial charge in [-0.3, -0.25) is 4.28 Å². The molecule has 0 unspecified atom stereocenters. The molecule has 2 aromatic heterocycles. The van der Waals surface area contributed by atoms with Crippen LogP contribution in [-0.2, 0) is 10.1 Å². The second-order valence-electron chi connectivity index (χ2n) is 2.70. The minimum atomic E-state index is -3.54. The fourth-order valence-corrected chi connectivity index (χ4v) is 1.45. The van der Waals surface area contributed by atoms with Crippen LogP contribution in [0.15, 0.2) is 24.7 Å². The third kappa shape index (κ3) is 1.67. The van der Waals surface area contributed by atoms with E-state index in [0.717, 1.165) is 11.0 Å². The lowest BCUT2D eigenvalue weighted by atomic mass is 10.4. The molecule has 74 valence electrons. The third-order valence-electron chi connectivity index (χ3n) is 1.50. The van der Waals surface area contributed by atoms with Crippen molar-refractivity contribution in [3.05, 3.63) is 24.7 Å². The van der Waals surface area contributed by atoms with E-state index < -0.39 is 10.1 Å². The lowest BCUT2D eigenvalue weighted by Crippen LogP contribution is -2.17. The van der Waals surface area contributed by atoms with Gasteiger partial charge >= 0.3 is 10.1 Å². The van der Waals surface area contributed by atoms with Gasteiger partial charge in [-0.05, 0) is 12.1 Å². The molecule has 0 bridgehead atoms. The van der Waals surface area contributed by atoms with Gasteiger partial charge in [-0.15, -0.1) is 4.73 Å². The Morgan fingerprint density at radius 3 is 2.93 bits per heavy atom. The van der Waals surface area contributed by atoms with Gasteiger partial charge in [0.05, 0.1) is 6.26 Å². The van der Waals surface area contributed by atoms with Crippen molar-refractivity contribution in [3.8, 4) is 0 Å². The third-order valence-corrected chi connectivity index (χ3v) is 1.94. The van der Waals surface area contributed by atoms with Crippen molar-refractivity contribution in [2.75, 3.05) is 6.26 Å². The number of rotatable bonds is 2. The maximum atomic E-state index is 10.9. The van der Waals surface area contributed by atoms with E-state index in [1.807, 2.05) is 0 Å². The molecule has 2 rings (SSSR count). The lowest BCUT2D eigenvalue weighted by molar-refractivity contribution is 0.293. The molecule has 2 heterocycles. The molecule has 0 amide bonds. The van der Waals surface area contributed by atoms with Crippen molar-refractivity contribution >= 4 is 21.3 Å². The SMILES string of the molecule is CS(=O)(=O)On1cnc2ncccc21. The van der Waals surface area contributed by atoms with E-state index in [2.05, 4.69) is 14.3 Å². The Balaban J connectivity index is 2.54. The number of imidazole rings is 1. The summed E-state index contributed by atoms with van der Waals surface area (Å²) in [7, 11) is -3.54. The van der Waals surface area contributed by atoms with E-state index in [1.54, 1.807) is 18.3 Å². The van der Waals surface area contributed by atoms with Crippen LogP contribution in [0.3, 0.4) is 0 Å². The van der Waals surface area contributed by atoms with Gasteiger partial charge in [0.25, 0.3) is 0 Å². The van der Waals surface area contributed by atoms with Gasteiger partial charge in [0, 0.05) is 6.20 Å². The van der Waals surface area contributed by atoms with Crippen molar-refractivity contribution in [1.29, 1.82) is 0 Å². The predicted molar refractivity (Wildman–Crippen MR) is 49.0 cm³/mol. The molecule has 0 atom stereocenters. The van der Waals surface area contributed by atoms with Crippen LogP contribution in [0, 0.1) is 0 Å². The molecular formula is C7H7N3O3S. The first-order chi connectivity index (χ1) is 6.56. The highest BCUT2D eigenvalue weighted by Gasteiger charge is 2.08. The molecule has 0 spiro atoms. The van der Waals surface area contributed by atoms with Crippen molar-refractivity contribution < 1.29 is 12.7 Å². The van der Waals surface area contributed by atoms with Crippen LogP contribution in [0.1, 0.15) is 0 Å². The van der Waals surface area contributed by atoms with Crippen molar-refractivity contribution in [2.24, 2.45) is 0 Å². The van der Waals surface area contributed by atoms with Crippen LogP contribution < -0.4 is 4.28 Å². The molecular weight excluding hydrogens is 206 g/mol. The zero-order valence-corrected chi connectivity index (χ0v) is 8.10. The zero-order chi connectivity index (χ0) is 10.2. The molecule has 0 aliphatic carbocycles. The molecule has 0 saturated heterocycles. The van der Waals surface area contributed by atoms with Crippen molar-refractivity contribution in [3.63, 3.8) is 0 Å². The van der Waals surface area contributed by atoms with Crippen LogP contribution >= 0.6 is 0 Å². The quantitative estimate of drug-likeness (QED) is 0.691. The van der Waals surface area contributed by atoms with E-state index >= 15 is 0 Å². The Labute approximate surface area is 80.2 Å². The highest BCUT2D eigenvalue weighted by Crippen LogP contribution is 2.07. The first kappa shape index (κ1) is 8.95. The predicted octanol–water partition coefficient (Wildman–Crippen LogP) is -0.181. The Morgan fingerprint density at radius 2 is 2.21 bits per heavy atom. The number of hydrogen-bond acceptors (Lipinski definition) is 5. The van der Waals surface area contributed by atoms with E-state index in [9.17, 15) is 8.42 Å². The summed E-state index contributed by atoms with van der Waals surface area (Å²) < 4.78 is 27.4. The molecule has 0 saturated carbocycles. The van der Waals surface area contributed by atoms with Gasteiger partial charge in [0.1, 0.15) is 11.8 Å². The van der Waals surface area contributed by atoms with Gasteiger partial charge in [0.2, 0.25) is 0 Å². The van der Waals surface area contributed by atoms with Crippen LogP contribution in [0.25, 0.3) is 11.2 Å². The van der Waals surface area contributed by atoms with Gasteiger partial charge < -0.3 is 0 Å². The molecule has 0 N–H and O–H groups in total. The summed E-state index contributed by atoms with van der Waals surface area (Å²) in [5, 5.41) is 0. The maximum Gasteiger partial charge on any atom is 0.324 e. The number of nitrogens with zero attached hydrogens (tertiary/aromatic N) is 3. The molecule has 6 nitrogen and oxygen atoms in total. The molecule has 7 heteroatoms. The second kappa shape index (κ2) is 2.95. The van der Waals surface area contributed by atoms with Gasteiger partial charge in [-0.1, -0.05) is 0 Å². The fourth-order valence-electron chi connectivity index (χ4n) is 1.03.